The summed E-state index contributed by atoms with van der Waals surface area (Å²) in [6, 6.07) is 14.2. The second kappa shape index (κ2) is 5.15. The Labute approximate surface area is 119 Å². The molecule has 0 bridgehead atoms. The van der Waals surface area contributed by atoms with Crippen molar-refractivity contribution in [3.05, 3.63) is 42.0 Å². The molecule has 1 atom stereocenters. The molecule has 1 aliphatic heterocycles. The fourth-order valence-electron chi connectivity index (χ4n) is 2.86. The quantitative estimate of drug-likeness (QED) is 0.901. The lowest BCUT2D eigenvalue weighted by molar-refractivity contribution is 0.0541. The van der Waals surface area contributed by atoms with Crippen LogP contribution in [0.5, 0.6) is 0 Å². The van der Waals surface area contributed by atoms with E-state index in [9.17, 15) is 5.26 Å². The Morgan fingerprint density at radius 3 is 2.70 bits per heavy atom. The van der Waals surface area contributed by atoms with E-state index < -0.39 is 0 Å². The summed E-state index contributed by atoms with van der Waals surface area (Å²) in [5.74, 6) is 0. The van der Waals surface area contributed by atoms with Crippen molar-refractivity contribution in [1.29, 1.82) is 5.26 Å². The molecule has 0 amide bonds. The molecule has 0 spiro atoms. The van der Waals surface area contributed by atoms with Crippen LogP contribution in [0.4, 0.5) is 5.69 Å². The van der Waals surface area contributed by atoms with Gasteiger partial charge in [0.1, 0.15) is 0 Å². The number of nitrogens with zero attached hydrogens (tertiary/aromatic N) is 1. The first-order chi connectivity index (χ1) is 9.72. The van der Waals surface area contributed by atoms with Gasteiger partial charge in [0.05, 0.1) is 23.8 Å². The third-order valence-electron chi connectivity index (χ3n) is 3.92. The maximum atomic E-state index is 9.21. The van der Waals surface area contributed by atoms with Gasteiger partial charge in [-0.2, -0.15) is 5.26 Å². The molecule has 0 radical (unpaired) electrons. The molecular formula is C17H18N2O. The summed E-state index contributed by atoms with van der Waals surface area (Å²) >= 11 is 0. The lowest BCUT2D eigenvalue weighted by Gasteiger charge is -2.35. The van der Waals surface area contributed by atoms with Crippen molar-refractivity contribution in [1.82, 2.24) is 0 Å². The second-order valence-corrected chi connectivity index (χ2v) is 5.66. The maximum absolute atomic E-state index is 9.21. The number of fused-ring (bicyclic) bond motifs is 1. The molecule has 1 saturated heterocycles. The highest BCUT2D eigenvalue weighted by Crippen LogP contribution is 2.31. The van der Waals surface area contributed by atoms with E-state index in [1.54, 1.807) is 0 Å². The predicted molar refractivity (Wildman–Crippen MR) is 80.7 cm³/mol. The van der Waals surface area contributed by atoms with Gasteiger partial charge in [-0.1, -0.05) is 24.3 Å². The number of nitriles is 1. The van der Waals surface area contributed by atoms with Gasteiger partial charge in [0, 0.05) is 23.1 Å². The minimum atomic E-state index is -0.0326. The fourth-order valence-corrected chi connectivity index (χ4v) is 2.86. The molecule has 102 valence electrons. The molecule has 3 heteroatoms. The first-order valence-electron chi connectivity index (χ1n) is 7.00. The van der Waals surface area contributed by atoms with E-state index in [0.29, 0.717) is 0 Å². The highest BCUT2D eigenvalue weighted by Gasteiger charge is 2.27. The van der Waals surface area contributed by atoms with Gasteiger partial charge in [-0.15, -0.1) is 0 Å². The molecule has 0 saturated carbocycles. The van der Waals surface area contributed by atoms with Crippen LogP contribution in [0, 0.1) is 11.3 Å². The van der Waals surface area contributed by atoms with Crippen LogP contribution in [-0.2, 0) is 4.74 Å². The lowest BCUT2D eigenvalue weighted by Crippen LogP contribution is -2.43. The highest BCUT2D eigenvalue weighted by atomic mass is 16.5. The maximum Gasteiger partial charge on any atom is 0.0998 e. The van der Waals surface area contributed by atoms with Gasteiger partial charge in [-0.05, 0) is 31.9 Å². The van der Waals surface area contributed by atoms with Crippen molar-refractivity contribution in [2.45, 2.75) is 25.3 Å². The Bertz CT molecular complexity index is 666. The van der Waals surface area contributed by atoms with E-state index in [1.165, 1.54) is 0 Å². The molecule has 1 N–H and O–H groups in total. The standard InChI is InChI=1S/C17H18N2O/c1-17(9-4-10-20-12-17)19-16-8-7-13(11-18)14-5-2-3-6-15(14)16/h2-3,5-8,19H,4,9-10,12H2,1H3. The molecule has 20 heavy (non-hydrogen) atoms. The molecule has 3 rings (SSSR count). The normalized spacial score (nSPS) is 22.4. The number of hydrogen-bond acceptors (Lipinski definition) is 3. The molecule has 2 aromatic rings. The molecule has 2 aromatic carbocycles. The Morgan fingerprint density at radius 1 is 1.20 bits per heavy atom. The smallest absolute Gasteiger partial charge is 0.0998 e. The first-order valence-corrected chi connectivity index (χ1v) is 7.00. The Balaban J connectivity index is 2.02. The third-order valence-corrected chi connectivity index (χ3v) is 3.92. The molecule has 3 nitrogen and oxygen atoms in total. The molecule has 1 unspecified atom stereocenters. The van der Waals surface area contributed by atoms with Crippen molar-refractivity contribution in [3.8, 4) is 6.07 Å². The average molecular weight is 266 g/mol. The topological polar surface area (TPSA) is 45.0 Å². The zero-order chi connectivity index (χ0) is 14.0. The van der Waals surface area contributed by atoms with E-state index in [4.69, 9.17) is 4.74 Å². The van der Waals surface area contributed by atoms with Gasteiger partial charge < -0.3 is 10.1 Å². The number of ether oxygens (including phenoxy) is 1. The van der Waals surface area contributed by atoms with Crippen LogP contribution < -0.4 is 5.32 Å². The van der Waals surface area contributed by atoms with Crippen molar-refractivity contribution in [2.24, 2.45) is 0 Å². The molecule has 1 fully saturated rings. The Hall–Kier alpha value is -2.05. The monoisotopic (exact) mass is 266 g/mol. The third kappa shape index (κ3) is 2.35. The van der Waals surface area contributed by atoms with E-state index in [1.807, 2.05) is 30.3 Å². The van der Waals surface area contributed by atoms with Crippen LogP contribution in [0.15, 0.2) is 36.4 Å². The first kappa shape index (κ1) is 13.0. The summed E-state index contributed by atoms with van der Waals surface area (Å²) < 4.78 is 5.60. The van der Waals surface area contributed by atoms with E-state index in [0.717, 1.165) is 48.1 Å². The molecule has 0 aliphatic carbocycles. The van der Waals surface area contributed by atoms with Crippen molar-refractivity contribution < 1.29 is 4.74 Å². The summed E-state index contributed by atoms with van der Waals surface area (Å²) in [6.07, 6.45) is 2.18. The zero-order valence-corrected chi connectivity index (χ0v) is 11.6. The van der Waals surface area contributed by atoms with Gasteiger partial charge in [0.15, 0.2) is 0 Å². The minimum absolute atomic E-state index is 0.0326. The molecule has 1 heterocycles. The van der Waals surface area contributed by atoms with Gasteiger partial charge in [-0.3, -0.25) is 0 Å². The van der Waals surface area contributed by atoms with Crippen molar-refractivity contribution in [2.75, 3.05) is 18.5 Å². The minimum Gasteiger partial charge on any atom is -0.379 e. The summed E-state index contributed by atoms with van der Waals surface area (Å²) in [5.41, 5.74) is 1.76. The zero-order valence-electron chi connectivity index (χ0n) is 11.6. The van der Waals surface area contributed by atoms with Gasteiger partial charge in [-0.25, -0.2) is 0 Å². The largest absolute Gasteiger partial charge is 0.379 e. The molecule has 0 aromatic heterocycles. The summed E-state index contributed by atoms with van der Waals surface area (Å²) in [5, 5.41) is 14.9. The lowest BCUT2D eigenvalue weighted by atomic mass is 9.93. The summed E-state index contributed by atoms with van der Waals surface area (Å²) in [6.45, 7) is 3.77. The number of rotatable bonds is 2. The van der Waals surface area contributed by atoms with Crippen LogP contribution in [0.25, 0.3) is 10.8 Å². The Kier molecular flexibility index (Phi) is 3.33. The number of anilines is 1. The van der Waals surface area contributed by atoms with E-state index in [-0.39, 0.29) is 5.54 Å². The van der Waals surface area contributed by atoms with Crippen LogP contribution >= 0.6 is 0 Å². The average Bonchev–Trinajstić information content (AvgIpc) is 2.48. The van der Waals surface area contributed by atoms with Crippen LogP contribution in [-0.4, -0.2) is 18.8 Å². The predicted octanol–water partition coefficient (Wildman–Crippen LogP) is 3.69. The number of benzene rings is 2. The van der Waals surface area contributed by atoms with Crippen LogP contribution in [0.1, 0.15) is 25.3 Å². The highest BCUT2D eigenvalue weighted by molar-refractivity contribution is 5.97. The van der Waals surface area contributed by atoms with E-state index in [2.05, 4.69) is 24.4 Å². The van der Waals surface area contributed by atoms with Crippen molar-refractivity contribution in [3.63, 3.8) is 0 Å². The van der Waals surface area contributed by atoms with Gasteiger partial charge >= 0.3 is 0 Å². The fraction of sp³-hybridized carbons (Fsp3) is 0.353. The van der Waals surface area contributed by atoms with Crippen LogP contribution in [0.3, 0.4) is 0 Å². The van der Waals surface area contributed by atoms with Crippen molar-refractivity contribution >= 4 is 16.5 Å². The van der Waals surface area contributed by atoms with Gasteiger partial charge in [0.25, 0.3) is 0 Å². The van der Waals surface area contributed by atoms with Crippen LogP contribution in [0.2, 0.25) is 0 Å². The molecular weight excluding hydrogens is 248 g/mol. The number of nitrogens with one attached hydrogen (secondary N) is 1. The molecule has 1 aliphatic rings. The second-order valence-electron chi connectivity index (χ2n) is 5.66. The van der Waals surface area contributed by atoms with Gasteiger partial charge in [0.2, 0.25) is 0 Å². The van der Waals surface area contributed by atoms with E-state index >= 15 is 0 Å². The SMILES string of the molecule is CC1(Nc2ccc(C#N)c3ccccc23)CCCOC1. The number of hydrogen-bond donors (Lipinski definition) is 1. The summed E-state index contributed by atoms with van der Waals surface area (Å²) in [4.78, 5) is 0. The summed E-state index contributed by atoms with van der Waals surface area (Å²) in [7, 11) is 0. The Morgan fingerprint density at radius 2 is 2.00 bits per heavy atom.